The lowest BCUT2D eigenvalue weighted by atomic mass is 9.96. The van der Waals surface area contributed by atoms with E-state index in [4.69, 9.17) is 4.74 Å². The van der Waals surface area contributed by atoms with Crippen molar-refractivity contribution in [2.45, 2.75) is 37.9 Å². The number of rotatable bonds is 6. The minimum Gasteiger partial charge on any atom is -0.492 e. The first-order valence-corrected chi connectivity index (χ1v) is 8.40. The molecule has 0 aliphatic heterocycles. The molecule has 1 aromatic rings. The molecule has 1 fully saturated rings. The second kappa shape index (κ2) is 6.42. The Bertz CT molecular complexity index is 401. The quantitative estimate of drug-likeness (QED) is 0.577. The zero-order valence-corrected chi connectivity index (χ0v) is 14.1. The number of benzene rings is 1. The van der Waals surface area contributed by atoms with Crippen molar-refractivity contribution in [1.29, 1.82) is 0 Å². The van der Waals surface area contributed by atoms with Crippen LogP contribution in [-0.4, -0.2) is 6.61 Å². The molecule has 0 saturated heterocycles. The van der Waals surface area contributed by atoms with Crippen LogP contribution in [0.4, 0.5) is 0 Å². The third-order valence-corrected chi connectivity index (χ3v) is 5.55. The van der Waals surface area contributed by atoms with E-state index < -0.39 is 0 Å². The van der Waals surface area contributed by atoms with Crippen molar-refractivity contribution in [1.82, 2.24) is 0 Å². The minimum atomic E-state index is 0.446. The summed E-state index contributed by atoms with van der Waals surface area (Å²) in [5.74, 6) is 2.56. The summed E-state index contributed by atoms with van der Waals surface area (Å²) in [7, 11) is 0. The van der Waals surface area contributed by atoms with Crippen molar-refractivity contribution in [2.75, 3.05) is 6.61 Å². The molecule has 0 N–H and O–H groups in total. The molecule has 0 spiro atoms. The summed E-state index contributed by atoms with van der Waals surface area (Å²) in [5.41, 5.74) is 1.34. The van der Waals surface area contributed by atoms with Crippen LogP contribution in [0.15, 0.2) is 22.7 Å². The number of hydrogen-bond acceptors (Lipinski definition) is 1. The van der Waals surface area contributed by atoms with E-state index in [-0.39, 0.29) is 0 Å². The fourth-order valence-corrected chi connectivity index (χ4v) is 3.41. The van der Waals surface area contributed by atoms with E-state index in [0.29, 0.717) is 10.7 Å². The fourth-order valence-electron chi connectivity index (χ4n) is 2.18. The second-order valence-corrected chi connectivity index (χ2v) is 6.98. The number of hydrogen-bond donors (Lipinski definition) is 0. The van der Waals surface area contributed by atoms with Crippen LogP contribution in [0.3, 0.4) is 0 Å². The molecule has 1 aromatic carbocycles. The highest BCUT2D eigenvalue weighted by atomic mass is 79.9. The van der Waals surface area contributed by atoms with Gasteiger partial charge in [-0.3, -0.25) is 0 Å². The first-order chi connectivity index (χ1) is 8.63. The summed E-state index contributed by atoms with van der Waals surface area (Å²) in [6.07, 6.45) is 3.82. The van der Waals surface area contributed by atoms with Gasteiger partial charge in [-0.1, -0.05) is 35.8 Å². The molecular weight excluding hydrogens is 356 g/mol. The van der Waals surface area contributed by atoms with Crippen LogP contribution >= 0.6 is 31.9 Å². The van der Waals surface area contributed by atoms with Gasteiger partial charge in [0.2, 0.25) is 0 Å². The van der Waals surface area contributed by atoms with Crippen molar-refractivity contribution < 1.29 is 4.74 Å². The summed E-state index contributed by atoms with van der Waals surface area (Å²) in [4.78, 5) is 0.446. The van der Waals surface area contributed by atoms with Crippen molar-refractivity contribution in [3.63, 3.8) is 0 Å². The minimum absolute atomic E-state index is 0.446. The van der Waals surface area contributed by atoms with Crippen molar-refractivity contribution in [3.05, 3.63) is 28.2 Å². The van der Waals surface area contributed by atoms with E-state index in [1.54, 1.807) is 0 Å². The molecule has 2 unspecified atom stereocenters. The zero-order valence-electron chi connectivity index (χ0n) is 11.0. The van der Waals surface area contributed by atoms with Crippen molar-refractivity contribution in [2.24, 2.45) is 11.8 Å². The van der Waals surface area contributed by atoms with E-state index in [9.17, 15) is 0 Å². The van der Waals surface area contributed by atoms with E-state index >= 15 is 0 Å². The maximum absolute atomic E-state index is 5.68. The largest absolute Gasteiger partial charge is 0.492 e. The van der Waals surface area contributed by atoms with Crippen LogP contribution in [0.25, 0.3) is 0 Å². The molecule has 3 heteroatoms. The van der Waals surface area contributed by atoms with Gasteiger partial charge in [0.15, 0.2) is 0 Å². The SMILES string of the molecule is CCCOc1ccc(C(Br)C(C)C2CC2)cc1Br. The van der Waals surface area contributed by atoms with Crippen molar-refractivity contribution >= 4 is 31.9 Å². The van der Waals surface area contributed by atoms with Gasteiger partial charge >= 0.3 is 0 Å². The summed E-state index contributed by atoms with van der Waals surface area (Å²) < 4.78 is 6.74. The second-order valence-electron chi connectivity index (χ2n) is 5.14. The summed E-state index contributed by atoms with van der Waals surface area (Å²) in [6.45, 7) is 5.23. The maximum Gasteiger partial charge on any atom is 0.133 e. The number of ether oxygens (including phenoxy) is 1. The average molecular weight is 376 g/mol. The Morgan fingerprint density at radius 1 is 1.39 bits per heavy atom. The Kier molecular flexibility index (Phi) is 5.14. The lowest BCUT2D eigenvalue weighted by Gasteiger charge is -2.19. The third kappa shape index (κ3) is 3.51. The summed E-state index contributed by atoms with van der Waals surface area (Å²) >= 11 is 7.44. The predicted molar refractivity (Wildman–Crippen MR) is 83.5 cm³/mol. The van der Waals surface area contributed by atoms with Crippen LogP contribution in [0.2, 0.25) is 0 Å². The zero-order chi connectivity index (χ0) is 13.1. The fraction of sp³-hybridized carbons (Fsp3) is 0.600. The number of alkyl halides is 1. The molecule has 2 rings (SSSR count). The van der Waals surface area contributed by atoms with E-state index in [1.807, 2.05) is 0 Å². The molecule has 1 saturated carbocycles. The highest BCUT2D eigenvalue weighted by Crippen LogP contribution is 2.46. The molecule has 1 aliphatic carbocycles. The molecule has 0 radical (unpaired) electrons. The molecule has 18 heavy (non-hydrogen) atoms. The molecule has 0 aromatic heterocycles. The molecule has 1 nitrogen and oxygen atoms in total. The summed E-state index contributed by atoms with van der Waals surface area (Å²) in [6, 6.07) is 6.43. The van der Waals surface area contributed by atoms with E-state index in [1.165, 1.54) is 18.4 Å². The van der Waals surface area contributed by atoms with Gasteiger partial charge in [-0.2, -0.15) is 0 Å². The Morgan fingerprint density at radius 3 is 2.67 bits per heavy atom. The first kappa shape index (κ1) is 14.4. The lowest BCUT2D eigenvalue weighted by Crippen LogP contribution is -2.06. The standard InChI is InChI=1S/C15H20Br2O/c1-3-8-18-14-7-6-12(9-13(14)16)15(17)10(2)11-4-5-11/h6-7,9-11,15H,3-5,8H2,1-2H3. The predicted octanol–water partition coefficient (Wildman–Crippen LogP) is 5.72. The van der Waals surface area contributed by atoms with Gasteiger partial charge in [0.05, 0.1) is 11.1 Å². The Balaban J connectivity index is 2.07. The van der Waals surface area contributed by atoms with Gasteiger partial charge in [0.25, 0.3) is 0 Å². The Hall–Kier alpha value is -0.0200. The molecule has 1 aliphatic rings. The number of halogens is 2. The van der Waals surface area contributed by atoms with Crippen LogP contribution in [-0.2, 0) is 0 Å². The molecular formula is C15H20Br2O. The Morgan fingerprint density at radius 2 is 2.11 bits per heavy atom. The van der Waals surface area contributed by atoms with Gasteiger partial charge < -0.3 is 4.74 Å². The average Bonchev–Trinajstić information content (AvgIpc) is 3.19. The van der Waals surface area contributed by atoms with Crippen molar-refractivity contribution in [3.8, 4) is 5.75 Å². The normalized spacial score (nSPS) is 18.4. The first-order valence-electron chi connectivity index (χ1n) is 6.69. The van der Waals surface area contributed by atoms with Gasteiger partial charge in [-0.05, 0) is 64.7 Å². The van der Waals surface area contributed by atoms with E-state index in [2.05, 4.69) is 63.9 Å². The van der Waals surface area contributed by atoms with E-state index in [0.717, 1.165) is 29.2 Å². The Labute approximate surface area is 127 Å². The monoisotopic (exact) mass is 374 g/mol. The topological polar surface area (TPSA) is 9.23 Å². The highest BCUT2D eigenvalue weighted by Gasteiger charge is 2.32. The molecule has 100 valence electrons. The molecule has 2 atom stereocenters. The smallest absolute Gasteiger partial charge is 0.133 e. The van der Waals surface area contributed by atoms with Crippen LogP contribution < -0.4 is 4.74 Å². The van der Waals surface area contributed by atoms with Crippen LogP contribution in [0, 0.1) is 11.8 Å². The van der Waals surface area contributed by atoms with Crippen LogP contribution in [0.5, 0.6) is 5.75 Å². The third-order valence-electron chi connectivity index (χ3n) is 3.56. The maximum atomic E-state index is 5.68. The van der Waals surface area contributed by atoms with Crippen LogP contribution in [0.1, 0.15) is 43.5 Å². The molecule has 0 bridgehead atoms. The van der Waals surface area contributed by atoms with Gasteiger partial charge in [-0.15, -0.1) is 0 Å². The van der Waals surface area contributed by atoms with Gasteiger partial charge in [0, 0.05) is 4.83 Å². The van der Waals surface area contributed by atoms with Gasteiger partial charge in [-0.25, -0.2) is 0 Å². The molecule has 0 heterocycles. The summed E-state index contributed by atoms with van der Waals surface area (Å²) in [5, 5.41) is 0. The van der Waals surface area contributed by atoms with Gasteiger partial charge in [0.1, 0.15) is 5.75 Å². The molecule has 0 amide bonds. The lowest BCUT2D eigenvalue weighted by molar-refractivity contribution is 0.315. The highest BCUT2D eigenvalue weighted by molar-refractivity contribution is 9.10.